The van der Waals surface area contributed by atoms with Crippen molar-refractivity contribution in [3.05, 3.63) is 70.7 Å². The third-order valence-electron chi connectivity index (χ3n) is 8.01. The van der Waals surface area contributed by atoms with Crippen LogP contribution in [0.5, 0.6) is 0 Å². The van der Waals surface area contributed by atoms with E-state index in [0.29, 0.717) is 43.7 Å². The summed E-state index contributed by atoms with van der Waals surface area (Å²) in [5, 5.41) is 36.7. The van der Waals surface area contributed by atoms with Crippen molar-refractivity contribution in [2.75, 3.05) is 23.8 Å². The first-order chi connectivity index (χ1) is 19.1. The lowest BCUT2D eigenvalue weighted by Gasteiger charge is -2.23. The fourth-order valence-corrected chi connectivity index (χ4v) is 6.65. The van der Waals surface area contributed by atoms with E-state index < -0.39 is 47.6 Å². The van der Waals surface area contributed by atoms with Gasteiger partial charge in [-0.2, -0.15) is 0 Å². The van der Waals surface area contributed by atoms with Crippen LogP contribution in [0.1, 0.15) is 24.0 Å². The lowest BCUT2D eigenvalue weighted by Crippen LogP contribution is -2.43. The molecule has 0 unspecified atom stereocenters. The summed E-state index contributed by atoms with van der Waals surface area (Å²) in [7, 11) is 0. The summed E-state index contributed by atoms with van der Waals surface area (Å²) in [6.45, 7) is 7.26. The number of aliphatic hydroxyl groups is 2. The molecule has 0 spiro atoms. The number of rotatable bonds is 7. The Morgan fingerprint density at radius 1 is 0.825 bits per heavy atom. The first-order valence-corrected chi connectivity index (χ1v) is 13.6. The summed E-state index contributed by atoms with van der Waals surface area (Å²) in [5.74, 6) is -0.955. The van der Waals surface area contributed by atoms with Crippen LogP contribution in [0.15, 0.2) is 49.6 Å². The molecule has 6 atom stereocenters. The summed E-state index contributed by atoms with van der Waals surface area (Å²) in [6, 6.07) is 5.50. The van der Waals surface area contributed by atoms with Gasteiger partial charge in [-0.25, -0.2) is 0 Å². The zero-order valence-corrected chi connectivity index (χ0v) is 22.8. The molecule has 4 heterocycles. The Morgan fingerprint density at radius 2 is 1.23 bits per heavy atom. The van der Waals surface area contributed by atoms with Crippen molar-refractivity contribution in [2.45, 2.75) is 48.5 Å². The van der Waals surface area contributed by atoms with Crippen LogP contribution in [0.4, 0.5) is 11.4 Å². The predicted molar refractivity (Wildman–Crippen MR) is 150 cm³/mol. The number of carbonyl (C=O) groups is 2. The van der Waals surface area contributed by atoms with Gasteiger partial charge < -0.3 is 30.3 Å². The van der Waals surface area contributed by atoms with Gasteiger partial charge >= 0.3 is 11.9 Å². The maximum absolute atomic E-state index is 12.4. The molecule has 10 nitrogen and oxygen atoms in total. The number of fused-ring (bicyclic) bond motifs is 6. The zero-order chi connectivity index (χ0) is 28.4. The van der Waals surface area contributed by atoms with E-state index in [1.807, 2.05) is 0 Å². The maximum Gasteiger partial charge on any atom is 0.323 e. The number of benzene rings is 2. The molecule has 210 valence electrons. The van der Waals surface area contributed by atoms with Crippen LogP contribution in [0, 0.1) is 0 Å². The second kappa shape index (κ2) is 9.76. The van der Waals surface area contributed by atoms with E-state index in [4.69, 9.17) is 32.7 Å². The van der Waals surface area contributed by atoms with Gasteiger partial charge in [0.05, 0.1) is 10.0 Å². The molecule has 4 aliphatic heterocycles. The molecule has 0 aliphatic carbocycles. The van der Waals surface area contributed by atoms with Gasteiger partial charge in [0.15, 0.2) is 0 Å². The topological polar surface area (TPSA) is 141 Å². The first-order valence-electron chi connectivity index (χ1n) is 12.8. The van der Waals surface area contributed by atoms with Crippen molar-refractivity contribution in [3.8, 4) is 11.1 Å². The van der Waals surface area contributed by atoms with Gasteiger partial charge in [0.1, 0.15) is 48.8 Å². The van der Waals surface area contributed by atoms with E-state index in [0.717, 1.165) is 0 Å². The van der Waals surface area contributed by atoms with E-state index in [1.165, 1.54) is 12.2 Å². The molecule has 2 aromatic carbocycles. The second-order valence-corrected chi connectivity index (χ2v) is 11.3. The number of hydrogen-bond acceptors (Lipinski definition) is 10. The first kappa shape index (κ1) is 27.1. The monoisotopic (exact) mass is 586 g/mol. The highest BCUT2D eigenvalue weighted by Gasteiger charge is 2.56. The smallest absolute Gasteiger partial charge is 0.323 e. The number of anilines is 2. The van der Waals surface area contributed by atoms with Crippen LogP contribution in [0.2, 0.25) is 10.0 Å². The number of carbonyl (C=O) groups excluding carboxylic acids is 2. The molecule has 0 radical (unpaired) electrons. The fraction of sp³-hybridized carbons (Fsp3) is 0.357. The van der Waals surface area contributed by atoms with Crippen LogP contribution in [0.3, 0.4) is 0 Å². The van der Waals surface area contributed by atoms with Crippen LogP contribution in [-0.2, 0) is 30.3 Å². The highest BCUT2D eigenvalue weighted by molar-refractivity contribution is 6.37. The Balaban J connectivity index is 1.32. The van der Waals surface area contributed by atoms with Gasteiger partial charge in [-0.15, -0.1) is 0 Å². The average Bonchev–Trinajstić information content (AvgIpc) is 3.58. The number of ether oxygens (including phenoxy) is 2. The fourth-order valence-electron chi connectivity index (χ4n) is 6.12. The van der Waals surface area contributed by atoms with Crippen LogP contribution in [-0.4, -0.2) is 59.8 Å². The van der Waals surface area contributed by atoms with E-state index in [9.17, 15) is 19.8 Å². The minimum atomic E-state index is -1.41. The largest absolute Gasteiger partial charge is 0.460 e. The number of esters is 2. The van der Waals surface area contributed by atoms with Crippen molar-refractivity contribution >= 4 is 46.5 Å². The average molecular weight is 587 g/mol. The van der Waals surface area contributed by atoms with Gasteiger partial charge in [0.2, 0.25) is 0 Å². The molecule has 2 saturated heterocycles. The van der Waals surface area contributed by atoms with E-state index >= 15 is 0 Å². The van der Waals surface area contributed by atoms with Crippen LogP contribution in [0.25, 0.3) is 11.1 Å². The molecule has 0 saturated carbocycles. The van der Waals surface area contributed by atoms with E-state index in [1.54, 1.807) is 24.3 Å². The number of hydrogen-bond donors (Lipinski definition) is 6. The maximum atomic E-state index is 12.4. The Bertz CT molecular complexity index is 1340. The Labute approximate surface area is 240 Å². The molecule has 4 aliphatic rings. The van der Waals surface area contributed by atoms with Crippen molar-refractivity contribution < 1.29 is 29.3 Å². The molecule has 2 aromatic rings. The SMILES string of the molecule is C=CCOC(=O)[C@@H]1C[C@@]2(O)c3cc(-c4cc5c(cc4Cl)N[C@H]4N[C@H](C(=O)OCC=C)C[C@@]54O)c(Cl)cc3N[C@H]2N1. The van der Waals surface area contributed by atoms with Crippen molar-refractivity contribution in [1.29, 1.82) is 0 Å². The molecule has 0 amide bonds. The third-order valence-corrected chi connectivity index (χ3v) is 8.64. The van der Waals surface area contributed by atoms with E-state index in [2.05, 4.69) is 34.4 Å². The quantitative estimate of drug-likeness (QED) is 0.212. The molecule has 2 fully saturated rings. The van der Waals surface area contributed by atoms with Crippen molar-refractivity contribution in [2.24, 2.45) is 0 Å². The minimum absolute atomic E-state index is 0.0784. The van der Waals surface area contributed by atoms with Crippen molar-refractivity contribution in [3.63, 3.8) is 0 Å². The lowest BCUT2D eigenvalue weighted by molar-refractivity contribution is -0.145. The number of nitrogens with one attached hydrogen (secondary N) is 4. The molecule has 6 N–H and O–H groups in total. The molecule has 6 rings (SSSR count). The summed E-state index contributed by atoms with van der Waals surface area (Å²) in [5.41, 5.74) is 0.646. The summed E-state index contributed by atoms with van der Waals surface area (Å²) in [6.07, 6.45) is 1.89. The van der Waals surface area contributed by atoms with Gasteiger partial charge in [0, 0.05) is 46.5 Å². The molecule has 40 heavy (non-hydrogen) atoms. The predicted octanol–water partition coefficient (Wildman–Crippen LogP) is 2.72. The summed E-state index contributed by atoms with van der Waals surface area (Å²) in [4.78, 5) is 24.9. The summed E-state index contributed by atoms with van der Waals surface area (Å²) >= 11 is 13.4. The standard InChI is InChI=1S/C28H28Cl2N4O6/c1-3-5-39-23(35)21-11-27(37)15-7-13(17(29)9-19(15)31-25(27)33-21)14-8-16-20(10-18(14)30)32-26-28(16,38)12-22(34-26)24(36)40-6-4-2/h3-4,7-10,21-22,25-26,31-34,37-38H,1-2,5-6,11-12H2/t21-,22-,25-,26-,27+,28+/m0/s1. The van der Waals surface area contributed by atoms with Crippen LogP contribution < -0.4 is 21.3 Å². The van der Waals surface area contributed by atoms with Gasteiger partial charge in [-0.1, -0.05) is 48.5 Å². The highest BCUT2D eigenvalue weighted by atomic mass is 35.5. The Kier molecular flexibility index (Phi) is 6.60. The molecule has 0 bridgehead atoms. The molecular formula is C28H28Cl2N4O6. The second-order valence-electron chi connectivity index (χ2n) is 10.4. The van der Waals surface area contributed by atoms with Crippen molar-refractivity contribution in [1.82, 2.24) is 10.6 Å². The van der Waals surface area contributed by atoms with Gasteiger partial charge in [0.25, 0.3) is 0 Å². The zero-order valence-electron chi connectivity index (χ0n) is 21.3. The molecule has 12 heteroatoms. The number of halogens is 2. The normalized spacial score (nSPS) is 30.8. The minimum Gasteiger partial charge on any atom is -0.460 e. The molecule has 0 aromatic heterocycles. The highest BCUT2D eigenvalue weighted by Crippen LogP contribution is 2.52. The Hall–Kier alpha value is -3.12. The van der Waals surface area contributed by atoms with Crippen LogP contribution >= 0.6 is 23.2 Å². The lowest BCUT2D eigenvalue weighted by atomic mass is 9.86. The van der Waals surface area contributed by atoms with Gasteiger partial charge in [-0.3, -0.25) is 20.2 Å². The third kappa shape index (κ3) is 4.09. The summed E-state index contributed by atoms with van der Waals surface area (Å²) < 4.78 is 10.3. The van der Waals surface area contributed by atoms with E-state index in [-0.39, 0.29) is 26.1 Å². The molecular weight excluding hydrogens is 559 g/mol. The Morgan fingerprint density at radius 3 is 1.60 bits per heavy atom. The van der Waals surface area contributed by atoms with Gasteiger partial charge in [-0.05, 0) is 24.3 Å².